The Kier molecular flexibility index (Phi) is 4.47. The first-order valence-corrected chi connectivity index (χ1v) is 8.60. The third-order valence-electron chi connectivity index (χ3n) is 4.81. The van der Waals surface area contributed by atoms with E-state index in [9.17, 15) is 0 Å². The van der Waals surface area contributed by atoms with E-state index >= 15 is 0 Å². The van der Waals surface area contributed by atoms with Gasteiger partial charge in [0.15, 0.2) is 0 Å². The van der Waals surface area contributed by atoms with Crippen LogP contribution in [0.1, 0.15) is 33.4 Å². The van der Waals surface area contributed by atoms with Crippen molar-refractivity contribution in [2.45, 2.75) is 27.7 Å². The summed E-state index contributed by atoms with van der Waals surface area (Å²) in [6.45, 7) is 11.1. The Bertz CT molecular complexity index is 834. The normalized spacial score (nSPS) is 13.7. The first kappa shape index (κ1) is 17.0. The van der Waals surface area contributed by atoms with Crippen LogP contribution >= 0.6 is 0 Å². The summed E-state index contributed by atoms with van der Waals surface area (Å²) in [5.41, 5.74) is 9.14. The Hall–Kier alpha value is -2.84. The maximum absolute atomic E-state index is 5.77. The molecule has 0 radical (unpaired) electrons. The van der Waals surface area contributed by atoms with Gasteiger partial charge in [-0.05, 0) is 62.1 Å². The van der Waals surface area contributed by atoms with Gasteiger partial charge >= 0.3 is 0 Å². The van der Waals surface area contributed by atoms with Gasteiger partial charge in [0.05, 0.1) is 18.0 Å². The zero-order chi connectivity index (χ0) is 18.1. The number of hydrogen-bond donors (Lipinski definition) is 0. The average Bonchev–Trinajstić information content (AvgIpc) is 3.01. The monoisotopic (exact) mass is 328 g/mol. The van der Waals surface area contributed by atoms with Crippen molar-refractivity contribution in [1.29, 1.82) is 0 Å². The van der Waals surface area contributed by atoms with E-state index in [0.29, 0.717) is 0 Å². The maximum atomic E-state index is 5.77. The molecule has 126 valence electrons. The highest BCUT2D eigenvalue weighted by Crippen LogP contribution is 2.33. The molecule has 1 fully saturated rings. The number of terminal acetylenes is 2. The Morgan fingerprint density at radius 3 is 1.48 bits per heavy atom. The second kappa shape index (κ2) is 6.58. The van der Waals surface area contributed by atoms with Crippen LogP contribution in [0.4, 0.5) is 11.4 Å². The summed E-state index contributed by atoms with van der Waals surface area (Å²) in [6, 6.07) is 8.58. The maximum Gasteiger partial charge on any atom is 0.0905 e. The Morgan fingerprint density at radius 1 is 0.720 bits per heavy atom. The van der Waals surface area contributed by atoms with Gasteiger partial charge < -0.3 is 9.80 Å². The van der Waals surface area contributed by atoms with Crippen molar-refractivity contribution in [3.05, 3.63) is 57.6 Å². The van der Waals surface area contributed by atoms with Gasteiger partial charge in [-0.2, -0.15) is 0 Å². The van der Waals surface area contributed by atoms with Crippen LogP contribution in [0.5, 0.6) is 0 Å². The van der Waals surface area contributed by atoms with Crippen molar-refractivity contribution in [3.8, 4) is 24.7 Å². The number of rotatable bonds is 2. The molecule has 0 aliphatic carbocycles. The summed E-state index contributed by atoms with van der Waals surface area (Å²) in [5.74, 6) is 5.72. The molecule has 0 saturated carbocycles. The van der Waals surface area contributed by atoms with Crippen molar-refractivity contribution >= 4 is 11.4 Å². The van der Waals surface area contributed by atoms with Crippen molar-refractivity contribution in [1.82, 2.24) is 0 Å². The zero-order valence-corrected chi connectivity index (χ0v) is 15.5. The highest BCUT2D eigenvalue weighted by Gasteiger charge is 2.26. The van der Waals surface area contributed by atoms with Crippen molar-refractivity contribution in [2.24, 2.45) is 0 Å². The highest BCUT2D eigenvalue weighted by molar-refractivity contribution is 5.71. The van der Waals surface area contributed by atoms with E-state index in [-0.39, 0.29) is 0 Å². The van der Waals surface area contributed by atoms with Gasteiger partial charge in [0, 0.05) is 24.2 Å². The molecular weight excluding hydrogens is 304 g/mol. The lowest BCUT2D eigenvalue weighted by atomic mass is 10.0. The fourth-order valence-corrected chi connectivity index (χ4v) is 3.93. The predicted octanol–water partition coefficient (Wildman–Crippen LogP) is 4.17. The molecule has 0 atom stereocenters. The average molecular weight is 328 g/mol. The minimum absolute atomic E-state index is 0.803. The molecule has 0 N–H and O–H groups in total. The van der Waals surface area contributed by atoms with Crippen LogP contribution in [0, 0.1) is 52.4 Å². The van der Waals surface area contributed by atoms with Gasteiger partial charge in [0.25, 0.3) is 0 Å². The second-order valence-corrected chi connectivity index (χ2v) is 6.91. The van der Waals surface area contributed by atoms with E-state index in [2.05, 4.69) is 73.6 Å². The molecule has 1 aliphatic rings. The number of benzene rings is 2. The fraction of sp³-hybridized carbons (Fsp3) is 0.304. The zero-order valence-electron chi connectivity index (χ0n) is 15.5. The lowest BCUT2D eigenvalue weighted by Crippen LogP contribution is -2.27. The molecule has 2 aromatic rings. The van der Waals surface area contributed by atoms with Crippen LogP contribution in [0.2, 0.25) is 0 Å². The molecule has 0 amide bonds. The van der Waals surface area contributed by atoms with Crippen LogP contribution in [0.3, 0.4) is 0 Å². The SMILES string of the molecule is C#Cc1cc(C)cc(C)c1N1CCN(c2c(C)cc(C)cc2C#C)C1. The Balaban J connectivity index is 1.97. The molecule has 25 heavy (non-hydrogen) atoms. The largest absolute Gasteiger partial charge is 0.351 e. The Morgan fingerprint density at radius 2 is 1.12 bits per heavy atom. The molecule has 2 aromatic carbocycles. The number of anilines is 2. The van der Waals surface area contributed by atoms with E-state index in [1.807, 2.05) is 0 Å². The summed E-state index contributed by atoms with van der Waals surface area (Å²) in [6.07, 6.45) is 11.5. The molecule has 3 rings (SSSR count). The first-order chi connectivity index (χ1) is 11.9. The lowest BCUT2D eigenvalue weighted by molar-refractivity contribution is 0.936. The number of nitrogens with zero attached hydrogens (tertiary/aromatic N) is 2. The quantitative estimate of drug-likeness (QED) is 0.764. The van der Waals surface area contributed by atoms with Gasteiger partial charge in [-0.25, -0.2) is 0 Å². The van der Waals surface area contributed by atoms with Crippen molar-refractivity contribution in [2.75, 3.05) is 29.6 Å². The van der Waals surface area contributed by atoms with Gasteiger partial charge in [0.2, 0.25) is 0 Å². The molecule has 2 heteroatoms. The highest BCUT2D eigenvalue weighted by atomic mass is 15.4. The summed E-state index contributed by atoms with van der Waals surface area (Å²) in [7, 11) is 0. The summed E-state index contributed by atoms with van der Waals surface area (Å²) in [5, 5.41) is 0. The van der Waals surface area contributed by atoms with Crippen LogP contribution in [0.15, 0.2) is 24.3 Å². The molecule has 0 aromatic heterocycles. The van der Waals surface area contributed by atoms with E-state index in [1.54, 1.807) is 0 Å². The predicted molar refractivity (Wildman–Crippen MR) is 107 cm³/mol. The minimum atomic E-state index is 0.803. The molecule has 0 unspecified atom stereocenters. The molecule has 0 bridgehead atoms. The van der Waals surface area contributed by atoms with Gasteiger partial charge in [0.1, 0.15) is 0 Å². The number of hydrogen-bond acceptors (Lipinski definition) is 2. The van der Waals surface area contributed by atoms with Crippen molar-refractivity contribution in [3.63, 3.8) is 0 Å². The van der Waals surface area contributed by atoms with Crippen LogP contribution in [0.25, 0.3) is 0 Å². The van der Waals surface area contributed by atoms with E-state index in [0.717, 1.165) is 30.9 Å². The molecule has 1 heterocycles. The third-order valence-corrected chi connectivity index (χ3v) is 4.81. The topological polar surface area (TPSA) is 6.48 Å². The third kappa shape index (κ3) is 3.09. The van der Waals surface area contributed by atoms with Crippen LogP contribution in [-0.4, -0.2) is 19.8 Å². The standard InChI is InChI=1S/C23H24N2/c1-7-20-13-16(3)11-18(5)22(20)24-9-10-25(15-24)23-19(6)12-17(4)14-21(23)8-2/h1-2,11-14H,9-10,15H2,3-6H3. The molecule has 2 nitrogen and oxygen atoms in total. The molecule has 1 saturated heterocycles. The summed E-state index contributed by atoms with van der Waals surface area (Å²) in [4.78, 5) is 4.73. The fourth-order valence-electron chi connectivity index (χ4n) is 3.93. The van der Waals surface area contributed by atoms with Crippen LogP contribution < -0.4 is 9.80 Å². The smallest absolute Gasteiger partial charge is 0.0905 e. The lowest BCUT2D eigenvalue weighted by Gasteiger charge is -2.26. The second-order valence-electron chi connectivity index (χ2n) is 6.91. The van der Waals surface area contributed by atoms with Gasteiger partial charge in [-0.1, -0.05) is 24.0 Å². The first-order valence-electron chi connectivity index (χ1n) is 8.60. The van der Waals surface area contributed by atoms with Crippen LogP contribution in [-0.2, 0) is 0 Å². The molecule has 1 aliphatic heterocycles. The van der Waals surface area contributed by atoms with Gasteiger partial charge in [-0.15, -0.1) is 12.8 Å². The van der Waals surface area contributed by atoms with E-state index < -0.39 is 0 Å². The molecular formula is C23H24N2. The van der Waals surface area contributed by atoms with Crippen molar-refractivity contribution < 1.29 is 0 Å². The Labute approximate surface area is 151 Å². The summed E-state index contributed by atoms with van der Waals surface area (Å²) >= 11 is 0. The van der Waals surface area contributed by atoms with E-state index in [1.165, 1.54) is 33.6 Å². The summed E-state index contributed by atoms with van der Waals surface area (Å²) < 4.78 is 0. The number of aryl methyl sites for hydroxylation is 4. The van der Waals surface area contributed by atoms with E-state index in [4.69, 9.17) is 12.8 Å². The minimum Gasteiger partial charge on any atom is -0.351 e. The van der Waals surface area contributed by atoms with Gasteiger partial charge in [-0.3, -0.25) is 0 Å². The molecule has 0 spiro atoms.